The number of benzene rings is 3. The summed E-state index contributed by atoms with van der Waals surface area (Å²) in [6.07, 6.45) is -6.68. The zero-order valence-electron chi connectivity index (χ0n) is 19.7. The lowest BCUT2D eigenvalue weighted by molar-refractivity contribution is -0.201. The van der Waals surface area contributed by atoms with Gasteiger partial charge in [-0.2, -0.15) is 0 Å². The molecule has 0 amide bonds. The predicted octanol–water partition coefficient (Wildman–Crippen LogP) is 1.75. The van der Waals surface area contributed by atoms with Crippen molar-refractivity contribution in [3.8, 4) is 0 Å². The van der Waals surface area contributed by atoms with E-state index in [1.165, 1.54) is 72.8 Å². The van der Waals surface area contributed by atoms with Gasteiger partial charge in [-0.05, 0) is 0 Å². The number of rotatable bonds is 8. The molecule has 1 aliphatic heterocycles. The van der Waals surface area contributed by atoms with Crippen LogP contribution in [0.3, 0.4) is 0 Å². The van der Waals surface area contributed by atoms with Crippen molar-refractivity contribution in [2.75, 3.05) is 0 Å². The van der Waals surface area contributed by atoms with E-state index in [9.17, 15) is 34.5 Å². The first kappa shape index (κ1) is 26.1. The third-order valence-electron chi connectivity index (χ3n) is 6.26. The number of ether oxygens (including phenoxy) is 2. The minimum Gasteiger partial charge on any atom is -0.432 e. The van der Waals surface area contributed by atoms with Crippen LogP contribution < -0.4 is 0 Å². The van der Waals surface area contributed by atoms with E-state index in [-0.39, 0.29) is 16.7 Å². The van der Waals surface area contributed by atoms with Crippen molar-refractivity contribution in [3.63, 3.8) is 0 Å². The molecule has 9 heteroatoms. The van der Waals surface area contributed by atoms with Crippen molar-refractivity contribution in [2.24, 2.45) is 0 Å². The Kier molecular flexibility index (Phi) is 7.15. The highest BCUT2D eigenvalue weighted by molar-refractivity contribution is 6.14. The SMILES string of the molecule is CC(=O)O[C@@H]1O[C@H](C(O)C(=O)c2ccccc2)[C@](O)(C(=O)c2ccccc2)[C@]1(O)C(=O)c1ccccc1. The van der Waals surface area contributed by atoms with Gasteiger partial charge < -0.3 is 24.8 Å². The van der Waals surface area contributed by atoms with Gasteiger partial charge in [0.2, 0.25) is 23.5 Å². The maximum Gasteiger partial charge on any atom is 0.305 e. The number of carbonyl (C=O) groups excluding carboxylic acids is 4. The Morgan fingerprint density at radius 3 is 1.57 bits per heavy atom. The molecule has 9 nitrogen and oxygen atoms in total. The third kappa shape index (κ3) is 4.38. The Morgan fingerprint density at radius 2 is 1.14 bits per heavy atom. The molecule has 1 heterocycles. The number of Topliss-reactive ketones (excluding diaryl/α,β-unsaturated/α-hetero) is 3. The van der Waals surface area contributed by atoms with Crippen LogP contribution in [0.15, 0.2) is 91.0 Å². The topological polar surface area (TPSA) is 147 Å². The van der Waals surface area contributed by atoms with Crippen molar-refractivity contribution in [2.45, 2.75) is 36.6 Å². The molecule has 4 rings (SSSR count). The molecular formula is C28H24O9. The molecule has 1 saturated heterocycles. The normalized spacial score (nSPS) is 25.7. The summed E-state index contributed by atoms with van der Waals surface area (Å²) in [4.78, 5) is 52.6. The molecule has 0 saturated carbocycles. The molecule has 3 aromatic carbocycles. The smallest absolute Gasteiger partial charge is 0.305 e. The molecule has 0 spiro atoms. The Bertz CT molecular complexity index is 1310. The summed E-state index contributed by atoms with van der Waals surface area (Å²) in [5.41, 5.74) is -6.78. The van der Waals surface area contributed by atoms with Gasteiger partial charge in [0.1, 0.15) is 12.2 Å². The van der Waals surface area contributed by atoms with Gasteiger partial charge in [0, 0.05) is 23.6 Å². The Labute approximate surface area is 211 Å². The average molecular weight is 504 g/mol. The molecule has 0 bridgehead atoms. The van der Waals surface area contributed by atoms with E-state index in [0.717, 1.165) is 6.92 Å². The third-order valence-corrected chi connectivity index (χ3v) is 6.26. The van der Waals surface area contributed by atoms with Gasteiger partial charge in [0.25, 0.3) is 0 Å². The summed E-state index contributed by atoms with van der Waals surface area (Å²) in [5.74, 6) is -4.40. The molecule has 1 unspecified atom stereocenters. The first-order valence-corrected chi connectivity index (χ1v) is 11.4. The van der Waals surface area contributed by atoms with Crippen molar-refractivity contribution in [1.29, 1.82) is 0 Å². The van der Waals surface area contributed by atoms with Crippen LogP contribution in [0.2, 0.25) is 0 Å². The molecule has 37 heavy (non-hydrogen) atoms. The number of hydrogen-bond donors (Lipinski definition) is 3. The fraction of sp³-hybridized carbons (Fsp3) is 0.214. The van der Waals surface area contributed by atoms with Crippen LogP contribution in [0.4, 0.5) is 0 Å². The lowest BCUT2D eigenvalue weighted by Crippen LogP contribution is -2.69. The van der Waals surface area contributed by atoms with Gasteiger partial charge >= 0.3 is 5.97 Å². The molecule has 0 aromatic heterocycles. The number of aliphatic hydroxyl groups is 3. The lowest BCUT2D eigenvalue weighted by Gasteiger charge is -2.38. The zero-order valence-corrected chi connectivity index (χ0v) is 19.7. The first-order chi connectivity index (χ1) is 17.6. The van der Waals surface area contributed by atoms with Crippen molar-refractivity contribution >= 4 is 23.3 Å². The molecule has 0 radical (unpaired) electrons. The molecule has 1 fully saturated rings. The molecule has 1 aliphatic rings. The van der Waals surface area contributed by atoms with Gasteiger partial charge in [-0.3, -0.25) is 19.2 Å². The summed E-state index contributed by atoms with van der Waals surface area (Å²) in [6, 6.07) is 21.9. The number of hydrogen-bond acceptors (Lipinski definition) is 9. The summed E-state index contributed by atoms with van der Waals surface area (Å²) >= 11 is 0. The van der Waals surface area contributed by atoms with Crippen molar-refractivity contribution in [3.05, 3.63) is 108 Å². The van der Waals surface area contributed by atoms with Gasteiger partial charge in [-0.1, -0.05) is 91.0 Å². The standard InChI is InChI=1S/C28H24O9/c1-17(29)36-26-28(35,24(33)20-15-9-4-10-16-20)27(34,23(32)19-13-7-3-8-14-19)25(37-26)22(31)21(30)18-11-5-2-6-12-18/h2-16,22,25-26,31,34-35H,1H3/t22?,25-,26-,27-,28+/m1/s1. The Hall–Kier alpha value is -4.02. The second-order valence-electron chi connectivity index (χ2n) is 8.60. The van der Waals surface area contributed by atoms with Crippen LogP contribution in [-0.4, -0.2) is 68.3 Å². The van der Waals surface area contributed by atoms with Crippen LogP contribution >= 0.6 is 0 Å². The second-order valence-corrected chi connectivity index (χ2v) is 8.60. The van der Waals surface area contributed by atoms with Gasteiger partial charge in [-0.25, -0.2) is 0 Å². The molecule has 0 aliphatic carbocycles. The van der Waals surface area contributed by atoms with E-state index in [0.29, 0.717) is 0 Å². The largest absolute Gasteiger partial charge is 0.432 e. The molecule has 3 aromatic rings. The van der Waals surface area contributed by atoms with E-state index >= 15 is 0 Å². The summed E-state index contributed by atoms with van der Waals surface area (Å²) in [6.45, 7) is 0.966. The average Bonchev–Trinajstić information content (AvgIpc) is 3.15. The monoisotopic (exact) mass is 504 g/mol. The highest BCUT2D eigenvalue weighted by atomic mass is 16.7. The van der Waals surface area contributed by atoms with E-state index in [1.54, 1.807) is 18.2 Å². The molecule has 5 atom stereocenters. The lowest BCUT2D eigenvalue weighted by atomic mass is 9.70. The van der Waals surface area contributed by atoms with E-state index in [4.69, 9.17) is 9.47 Å². The minimum atomic E-state index is -3.26. The first-order valence-electron chi connectivity index (χ1n) is 11.4. The molecular weight excluding hydrogens is 480 g/mol. The maximum atomic E-state index is 13.8. The van der Waals surface area contributed by atoms with E-state index in [1.807, 2.05) is 0 Å². The summed E-state index contributed by atoms with van der Waals surface area (Å²) in [5, 5.41) is 35.0. The maximum absolute atomic E-state index is 13.8. The van der Waals surface area contributed by atoms with Crippen LogP contribution in [0, 0.1) is 0 Å². The summed E-state index contributed by atoms with van der Waals surface area (Å²) < 4.78 is 10.6. The molecule has 190 valence electrons. The predicted molar refractivity (Wildman–Crippen MR) is 129 cm³/mol. The number of ketones is 3. The Balaban J connectivity index is 1.92. The second kappa shape index (κ2) is 10.2. The van der Waals surface area contributed by atoms with Gasteiger partial charge in [0.05, 0.1) is 0 Å². The number of esters is 1. The van der Waals surface area contributed by atoms with E-state index < -0.39 is 53.0 Å². The number of carbonyl (C=O) groups is 4. The van der Waals surface area contributed by atoms with Crippen LogP contribution in [-0.2, 0) is 14.3 Å². The van der Waals surface area contributed by atoms with Gasteiger partial charge in [0.15, 0.2) is 11.4 Å². The van der Waals surface area contributed by atoms with Crippen LogP contribution in [0.1, 0.15) is 38.0 Å². The highest BCUT2D eigenvalue weighted by Crippen LogP contribution is 2.46. The minimum absolute atomic E-state index is 0.0157. The van der Waals surface area contributed by atoms with Crippen LogP contribution in [0.5, 0.6) is 0 Å². The van der Waals surface area contributed by atoms with Crippen molar-refractivity contribution in [1.82, 2.24) is 0 Å². The van der Waals surface area contributed by atoms with Gasteiger partial charge in [-0.15, -0.1) is 0 Å². The summed E-state index contributed by atoms with van der Waals surface area (Å²) in [7, 11) is 0. The van der Waals surface area contributed by atoms with E-state index in [2.05, 4.69) is 0 Å². The number of aliphatic hydroxyl groups excluding tert-OH is 1. The fourth-order valence-corrected chi connectivity index (χ4v) is 4.41. The fourth-order valence-electron chi connectivity index (χ4n) is 4.41. The van der Waals surface area contributed by atoms with Crippen molar-refractivity contribution < 1.29 is 44.0 Å². The quantitative estimate of drug-likeness (QED) is 0.308. The zero-order chi connectivity index (χ0) is 26.8. The Morgan fingerprint density at radius 1 is 0.730 bits per heavy atom. The molecule has 3 N–H and O–H groups in total. The highest BCUT2D eigenvalue weighted by Gasteiger charge is 2.76. The van der Waals surface area contributed by atoms with Crippen LogP contribution in [0.25, 0.3) is 0 Å².